The minimum atomic E-state index is -0.908. The molecule has 0 aliphatic rings. The zero-order valence-corrected chi connectivity index (χ0v) is 7.72. The number of hydrogen-bond donors (Lipinski definition) is 2. The van der Waals surface area contributed by atoms with Crippen LogP contribution in [0.4, 0.5) is 0 Å². The first-order valence-corrected chi connectivity index (χ1v) is 4.33. The summed E-state index contributed by atoms with van der Waals surface area (Å²) in [5.74, 6) is -0.206. The van der Waals surface area contributed by atoms with Crippen molar-refractivity contribution in [3.63, 3.8) is 0 Å². The molecule has 1 unspecified atom stereocenters. The largest absolute Gasteiger partial charge is 0.492 e. The standard InChI is InChI=1S/C10H13NO3/c11-8(6-10(12)13)7-14-9-4-2-1-3-5-9/h1-5,8H,6-7,11H2,(H,12,13). The topological polar surface area (TPSA) is 72.5 Å². The van der Waals surface area contributed by atoms with Crippen LogP contribution in [-0.4, -0.2) is 23.7 Å². The van der Waals surface area contributed by atoms with E-state index in [0.717, 1.165) is 0 Å². The highest BCUT2D eigenvalue weighted by Gasteiger charge is 2.08. The summed E-state index contributed by atoms with van der Waals surface area (Å²) in [5.41, 5.74) is 5.52. The van der Waals surface area contributed by atoms with Crippen molar-refractivity contribution in [3.05, 3.63) is 30.3 Å². The summed E-state index contributed by atoms with van der Waals surface area (Å²) in [6.07, 6.45) is -0.0766. The second kappa shape index (κ2) is 5.24. The molecule has 0 amide bonds. The van der Waals surface area contributed by atoms with Gasteiger partial charge in [-0.1, -0.05) is 18.2 Å². The number of para-hydroxylation sites is 1. The number of ether oxygens (including phenoxy) is 1. The third kappa shape index (κ3) is 3.91. The highest BCUT2D eigenvalue weighted by molar-refractivity contribution is 5.67. The van der Waals surface area contributed by atoms with Gasteiger partial charge in [-0.3, -0.25) is 4.79 Å². The summed E-state index contributed by atoms with van der Waals surface area (Å²) in [6.45, 7) is 0.219. The molecule has 0 aliphatic carbocycles. The van der Waals surface area contributed by atoms with E-state index in [2.05, 4.69) is 0 Å². The van der Waals surface area contributed by atoms with E-state index in [0.29, 0.717) is 5.75 Å². The van der Waals surface area contributed by atoms with Crippen LogP contribution in [0.3, 0.4) is 0 Å². The van der Waals surface area contributed by atoms with Crippen LogP contribution in [0, 0.1) is 0 Å². The van der Waals surface area contributed by atoms with Crippen molar-refractivity contribution >= 4 is 5.97 Å². The van der Waals surface area contributed by atoms with Gasteiger partial charge in [0, 0.05) is 6.04 Å². The Bertz CT molecular complexity index is 287. The molecular weight excluding hydrogens is 182 g/mol. The van der Waals surface area contributed by atoms with Crippen LogP contribution in [0.25, 0.3) is 0 Å². The van der Waals surface area contributed by atoms with Gasteiger partial charge in [-0.2, -0.15) is 0 Å². The molecule has 0 fully saturated rings. The Morgan fingerprint density at radius 3 is 2.64 bits per heavy atom. The molecule has 0 aromatic heterocycles. The Hall–Kier alpha value is -1.55. The van der Waals surface area contributed by atoms with Gasteiger partial charge >= 0.3 is 5.97 Å². The second-order valence-electron chi connectivity index (χ2n) is 2.98. The zero-order chi connectivity index (χ0) is 10.4. The molecule has 0 spiro atoms. The number of rotatable bonds is 5. The van der Waals surface area contributed by atoms with E-state index in [4.69, 9.17) is 15.6 Å². The SMILES string of the molecule is NC(COc1ccccc1)CC(=O)O. The van der Waals surface area contributed by atoms with Crippen LogP contribution in [0.1, 0.15) is 6.42 Å². The molecule has 0 heterocycles. The van der Waals surface area contributed by atoms with Crippen LogP contribution in [0.5, 0.6) is 5.75 Å². The van der Waals surface area contributed by atoms with Gasteiger partial charge in [0.05, 0.1) is 6.42 Å². The molecule has 4 nitrogen and oxygen atoms in total. The summed E-state index contributed by atoms with van der Waals surface area (Å²) >= 11 is 0. The van der Waals surface area contributed by atoms with E-state index in [9.17, 15) is 4.79 Å². The van der Waals surface area contributed by atoms with E-state index < -0.39 is 12.0 Å². The predicted molar refractivity (Wildman–Crippen MR) is 52.2 cm³/mol. The number of benzene rings is 1. The number of carboxylic acid groups (broad SMARTS) is 1. The monoisotopic (exact) mass is 195 g/mol. The summed E-state index contributed by atoms with van der Waals surface area (Å²) in [5, 5.41) is 8.45. The molecule has 1 atom stereocenters. The Kier molecular flexibility index (Phi) is 3.94. The first-order valence-electron chi connectivity index (χ1n) is 4.33. The van der Waals surface area contributed by atoms with Gasteiger partial charge in [0.25, 0.3) is 0 Å². The number of carboxylic acids is 1. The lowest BCUT2D eigenvalue weighted by molar-refractivity contribution is -0.137. The Morgan fingerprint density at radius 1 is 1.43 bits per heavy atom. The number of nitrogens with two attached hydrogens (primary N) is 1. The van der Waals surface area contributed by atoms with Crippen LogP contribution in [-0.2, 0) is 4.79 Å². The molecule has 1 aromatic carbocycles. The average Bonchev–Trinajstić information content (AvgIpc) is 2.15. The van der Waals surface area contributed by atoms with Gasteiger partial charge in [0.15, 0.2) is 0 Å². The lowest BCUT2D eigenvalue weighted by atomic mass is 10.2. The van der Waals surface area contributed by atoms with Crippen LogP contribution in [0.2, 0.25) is 0 Å². The third-order valence-electron chi connectivity index (χ3n) is 1.64. The van der Waals surface area contributed by atoms with E-state index in [-0.39, 0.29) is 13.0 Å². The lowest BCUT2D eigenvalue weighted by Crippen LogP contribution is -2.30. The molecular formula is C10H13NO3. The minimum absolute atomic E-state index is 0.0766. The fourth-order valence-electron chi connectivity index (χ4n) is 1.00. The average molecular weight is 195 g/mol. The highest BCUT2D eigenvalue weighted by atomic mass is 16.5. The summed E-state index contributed by atoms with van der Waals surface area (Å²) < 4.78 is 5.28. The fraction of sp³-hybridized carbons (Fsp3) is 0.300. The van der Waals surface area contributed by atoms with Crippen LogP contribution >= 0.6 is 0 Å². The molecule has 14 heavy (non-hydrogen) atoms. The van der Waals surface area contributed by atoms with Crippen molar-refractivity contribution in [2.24, 2.45) is 5.73 Å². The molecule has 76 valence electrons. The molecule has 3 N–H and O–H groups in total. The van der Waals surface area contributed by atoms with Gasteiger partial charge < -0.3 is 15.6 Å². The van der Waals surface area contributed by atoms with E-state index >= 15 is 0 Å². The van der Waals surface area contributed by atoms with Crippen molar-refractivity contribution in [2.45, 2.75) is 12.5 Å². The summed E-state index contributed by atoms with van der Waals surface area (Å²) in [7, 11) is 0. The Balaban J connectivity index is 2.30. The Morgan fingerprint density at radius 2 is 2.07 bits per heavy atom. The highest BCUT2D eigenvalue weighted by Crippen LogP contribution is 2.08. The van der Waals surface area contributed by atoms with Crippen molar-refractivity contribution in [2.75, 3.05) is 6.61 Å². The van der Waals surface area contributed by atoms with Gasteiger partial charge in [0.1, 0.15) is 12.4 Å². The van der Waals surface area contributed by atoms with E-state index in [1.807, 2.05) is 18.2 Å². The minimum Gasteiger partial charge on any atom is -0.492 e. The first kappa shape index (κ1) is 10.5. The van der Waals surface area contributed by atoms with Crippen molar-refractivity contribution < 1.29 is 14.6 Å². The van der Waals surface area contributed by atoms with Gasteiger partial charge in [-0.25, -0.2) is 0 Å². The maximum Gasteiger partial charge on any atom is 0.305 e. The molecule has 0 radical (unpaired) electrons. The van der Waals surface area contributed by atoms with Crippen LogP contribution < -0.4 is 10.5 Å². The normalized spacial score (nSPS) is 12.1. The smallest absolute Gasteiger partial charge is 0.305 e. The fourth-order valence-corrected chi connectivity index (χ4v) is 1.00. The quantitative estimate of drug-likeness (QED) is 0.731. The number of hydrogen-bond acceptors (Lipinski definition) is 3. The van der Waals surface area contributed by atoms with E-state index in [1.165, 1.54) is 0 Å². The maximum absolute atomic E-state index is 10.3. The summed E-state index contributed by atoms with van der Waals surface area (Å²) in [6, 6.07) is 8.70. The molecule has 4 heteroatoms. The third-order valence-corrected chi connectivity index (χ3v) is 1.64. The van der Waals surface area contributed by atoms with Crippen molar-refractivity contribution in [1.82, 2.24) is 0 Å². The van der Waals surface area contributed by atoms with Crippen molar-refractivity contribution in [1.29, 1.82) is 0 Å². The number of carbonyl (C=O) groups is 1. The van der Waals surface area contributed by atoms with Gasteiger partial charge in [0.2, 0.25) is 0 Å². The predicted octanol–water partition coefficient (Wildman–Crippen LogP) is 0.867. The second-order valence-corrected chi connectivity index (χ2v) is 2.98. The maximum atomic E-state index is 10.3. The van der Waals surface area contributed by atoms with Gasteiger partial charge in [-0.05, 0) is 12.1 Å². The molecule has 1 rings (SSSR count). The molecule has 1 aromatic rings. The Labute approximate surface area is 82.3 Å². The first-order chi connectivity index (χ1) is 6.68. The molecule has 0 bridgehead atoms. The van der Waals surface area contributed by atoms with Crippen molar-refractivity contribution in [3.8, 4) is 5.75 Å². The van der Waals surface area contributed by atoms with Crippen LogP contribution in [0.15, 0.2) is 30.3 Å². The number of aliphatic carboxylic acids is 1. The summed E-state index contributed by atoms with van der Waals surface area (Å²) in [4.78, 5) is 10.3. The van der Waals surface area contributed by atoms with E-state index in [1.54, 1.807) is 12.1 Å². The lowest BCUT2D eigenvalue weighted by Gasteiger charge is -2.10. The zero-order valence-electron chi connectivity index (χ0n) is 7.72. The molecule has 0 aliphatic heterocycles. The molecule has 0 saturated heterocycles. The van der Waals surface area contributed by atoms with Gasteiger partial charge in [-0.15, -0.1) is 0 Å². The molecule has 0 saturated carbocycles.